The maximum Gasteiger partial charge on any atom is 0.273 e. The quantitative estimate of drug-likeness (QED) is 0.416. The maximum atomic E-state index is 11.5. The van der Waals surface area contributed by atoms with Crippen LogP contribution in [-0.4, -0.2) is 22.0 Å². The summed E-state index contributed by atoms with van der Waals surface area (Å²) in [6.45, 7) is 1.79. The number of hydrogen-bond donors (Lipinski definition) is 3. The second-order valence-corrected chi connectivity index (χ2v) is 4.02. The SMILES string of the molecule is CC(N)CCC(=O)Nc1ccc([N+](=O)[O-])cc1O. The minimum atomic E-state index is -0.624. The lowest BCUT2D eigenvalue weighted by atomic mass is 10.2. The van der Waals surface area contributed by atoms with Crippen molar-refractivity contribution in [2.75, 3.05) is 5.32 Å². The number of carbonyl (C=O) groups is 1. The molecule has 7 nitrogen and oxygen atoms in total. The maximum absolute atomic E-state index is 11.5. The Bertz CT molecular complexity index is 460. The van der Waals surface area contributed by atoms with E-state index in [2.05, 4.69) is 5.32 Å². The van der Waals surface area contributed by atoms with Crippen LogP contribution in [0.3, 0.4) is 0 Å². The molecule has 1 aromatic rings. The van der Waals surface area contributed by atoms with Gasteiger partial charge in [-0.25, -0.2) is 0 Å². The van der Waals surface area contributed by atoms with Gasteiger partial charge in [-0.1, -0.05) is 0 Å². The Morgan fingerprint density at radius 3 is 2.78 bits per heavy atom. The van der Waals surface area contributed by atoms with E-state index in [0.29, 0.717) is 6.42 Å². The Kier molecular flexibility index (Phi) is 4.61. The lowest BCUT2D eigenvalue weighted by Gasteiger charge is -2.08. The molecule has 1 rings (SSSR count). The first-order chi connectivity index (χ1) is 8.40. The van der Waals surface area contributed by atoms with E-state index in [1.54, 1.807) is 6.92 Å². The van der Waals surface area contributed by atoms with E-state index in [0.717, 1.165) is 6.07 Å². The fourth-order valence-electron chi connectivity index (χ4n) is 1.31. The van der Waals surface area contributed by atoms with Gasteiger partial charge in [0, 0.05) is 18.5 Å². The van der Waals surface area contributed by atoms with Crippen molar-refractivity contribution in [2.45, 2.75) is 25.8 Å². The van der Waals surface area contributed by atoms with Crippen molar-refractivity contribution in [1.82, 2.24) is 0 Å². The zero-order valence-electron chi connectivity index (χ0n) is 9.92. The largest absolute Gasteiger partial charge is 0.506 e. The van der Waals surface area contributed by atoms with Crippen molar-refractivity contribution in [3.05, 3.63) is 28.3 Å². The molecule has 0 spiro atoms. The molecule has 4 N–H and O–H groups in total. The summed E-state index contributed by atoms with van der Waals surface area (Å²) in [5, 5.41) is 22.4. The number of carbonyl (C=O) groups excluding carboxylic acids is 1. The van der Waals surface area contributed by atoms with Crippen LogP contribution in [-0.2, 0) is 4.79 Å². The van der Waals surface area contributed by atoms with E-state index in [-0.39, 0.29) is 35.5 Å². The van der Waals surface area contributed by atoms with Gasteiger partial charge in [-0.3, -0.25) is 14.9 Å². The number of nitro groups is 1. The smallest absolute Gasteiger partial charge is 0.273 e. The minimum absolute atomic E-state index is 0.0822. The first-order valence-corrected chi connectivity index (χ1v) is 5.43. The summed E-state index contributed by atoms with van der Waals surface area (Å²) in [6, 6.07) is 3.40. The third-order valence-corrected chi connectivity index (χ3v) is 2.29. The molecule has 0 saturated heterocycles. The molecule has 0 aromatic heterocycles. The average Bonchev–Trinajstić information content (AvgIpc) is 2.29. The highest BCUT2D eigenvalue weighted by Gasteiger charge is 2.12. The molecule has 0 aliphatic carbocycles. The van der Waals surface area contributed by atoms with Crippen molar-refractivity contribution in [3.63, 3.8) is 0 Å². The number of anilines is 1. The number of rotatable bonds is 5. The molecule has 0 fully saturated rings. The normalized spacial score (nSPS) is 11.9. The second-order valence-electron chi connectivity index (χ2n) is 4.02. The first kappa shape index (κ1) is 13.9. The number of phenolic OH excluding ortho intramolecular Hbond substituents is 1. The predicted molar refractivity (Wildman–Crippen MR) is 66.3 cm³/mol. The third-order valence-electron chi connectivity index (χ3n) is 2.29. The predicted octanol–water partition coefficient (Wildman–Crippen LogP) is 1.37. The average molecular weight is 253 g/mol. The number of non-ortho nitro benzene ring substituents is 1. The standard InChI is InChI=1S/C11H15N3O4/c1-7(12)2-5-11(16)13-9-4-3-8(14(17)18)6-10(9)15/h3-4,6-7,15H,2,5,12H2,1H3,(H,13,16). The topological polar surface area (TPSA) is 118 Å². The number of aromatic hydroxyl groups is 1. The van der Waals surface area contributed by atoms with Gasteiger partial charge >= 0.3 is 0 Å². The van der Waals surface area contributed by atoms with Gasteiger partial charge in [0.05, 0.1) is 16.7 Å². The number of amides is 1. The summed E-state index contributed by atoms with van der Waals surface area (Å²) in [5.41, 5.74) is 5.43. The Hall–Kier alpha value is -2.15. The molecule has 1 atom stereocenters. The Balaban J connectivity index is 2.68. The molecule has 0 aliphatic rings. The van der Waals surface area contributed by atoms with Crippen LogP contribution in [0, 0.1) is 10.1 Å². The number of nitro benzene ring substituents is 1. The van der Waals surface area contributed by atoms with E-state index in [1.165, 1.54) is 12.1 Å². The van der Waals surface area contributed by atoms with E-state index < -0.39 is 4.92 Å². The number of benzene rings is 1. The van der Waals surface area contributed by atoms with E-state index in [9.17, 15) is 20.0 Å². The van der Waals surface area contributed by atoms with E-state index in [1.807, 2.05) is 0 Å². The zero-order chi connectivity index (χ0) is 13.7. The van der Waals surface area contributed by atoms with Crippen molar-refractivity contribution in [3.8, 4) is 5.75 Å². The van der Waals surface area contributed by atoms with Gasteiger partial charge in [0.25, 0.3) is 5.69 Å². The molecule has 98 valence electrons. The minimum Gasteiger partial charge on any atom is -0.506 e. The Morgan fingerprint density at radius 1 is 1.61 bits per heavy atom. The van der Waals surface area contributed by atoms with Gasteiger partial charge in [0.1, 0.15) is 5.75 Å². The zero-order valence-corrected chi connectivity index (χ0v) is 9.92. The first-order valence-electron chi connectivity index (χ1n) is 5.43. The number of hydrogen-bond acceptors (Lipinski definition) is 5. The number of nitrogens with zero attached hydrogens (tertiary/aromatic N) is 1. The lowest BCUT2D eigenvalue weighted by Crippen LogP contribution is -2.19. The molecule has 0 saturated carbocycles. The lowest BCUT2D eigenvalue weighted by molar-refractivity contribution is -0.384. The monoisotopic (exact) mass is 253 g/mol. The molecule has 0 radical (unpaired) electrons. The van der Waals surface area contributed by atoms with Gasteiger partial charge in [-0.05, 0) is 19.4 Å². The summed E-state index contributed by atoms with van der Waals surface area (Å²) >= 11 is 0. The molecule has 0 heterocycles. The summed E-state index contributed by atoms with van der Waals surface area (Å²) in [6.07, 6.45) is 0.758. The van der Waals surface area contributed by atoms with Crippen LogP contribution < -0.4 is 11.1 Å². The number of nitrogens with two attached hydrogens (primary N) is 1. The van der Waals surface area contributed by atoms with Crippen LogP contribution in [0.25, 0.3) is 0 Å². The van der Waals surface area contributed by atoms with E-state index >= 15 is 0 Å². The summed E-state index contributed by atoms with van der Waals surface area (Å²) in [5.74, 6) is -0.630. The summed E-state index contributed by atoms with van der Waals surface area (Å²) in [4.78, 5) is 21.3. The number of phenols is 1. The highest BCUT2D eigenvalue weighted by molar-refractivity contribution is 5.92. The molecule has 1 unspecified atom stereocenters. The highest BCUT2D eigenvalue weighted by Crippen LogP contribution is 2.27. The van der Waals surface area contributed by atoms with Crippen LogP contribution in [0.5, 0.6) is 5.75 Å². The van der Waals surface area contributed by atoms with Gasteiger partial charge in [-0.2, -0.15) is 0 Å². The van der Waals surface area contributed by atoms with Crippen LogP contribution in [0.2, 0.25) is 0 Å². The molecule has 0 bridgehead atoms. The van der Waals surface area contributed by atoms with Gasteiger partial charge in [-0.15, -0.1) is 0 Å². The van der Waals surface area contributed by atoms with Crippen LogP contribution in [0.4, 0.5) is 11.4 Å². The Labute approximate surface area is 104 Å². The fourth-order valence-corrected chi connectivity index (χ4v) is 1.31. The van der Waals surface area contributed by atoms with Crippen LogP contribution >= 0.6 is 0 Å². The molecule has 18 heavy (non-hydrogen) atoms. The third kappa shape index (κ3) is 4.02. The van der Waals surface area contributed by atoms with Gasteiger partial charge < -0.3 is 16.2 Å². The second kappa shape index (κ2) is 5.97. The van der Waals surface area contributed by atoms with Crippen molar-refractivity contribution in [2.24, 2.45) is 5.73 Å². The molecule has 1 amide bonds. The molecular weight excluding hydrogens is 238 g/mol. The molecular formula is C11H15N3O4. The molecule has 0 aliphatic heterocycles. The molecule has 7 heteroatoms. The van der Waals surface area contributed by atoms with Crippen molar-refractivity contribution < 1.29 is 14.8 Å². The van der Waals surface area contributed by atoms with Gasteiger partial charge in [0.15, 0.2) is 0 Å². The highest BCUT2D eigenvalue weighted by atomic mass is 16.6. The fraction of sp³-hybridized carbons (Fsp3) is 0.364. The summed E-state index contributed by atoms with van der Waals surface area (Å²) < 4.78 is 0. The van der Waals surface area contributed by atoms with Crippen molar-refractivity contribution in [1.29, 1.82) is 0 Å². The van der Waals surface area contributed by atoms with Crippen molar-refractivity contribution >= 4 is 17.3 Å². The van der Waals surface area contributed by atoms with Crippen LogP contribution in [0.1, 0.15) is 19.8 Å². The van der Waals surface area contributed by atoms with Crippen LogP contribution in [0.15, 0.2) is 18.2 Å². The number of nitrogens with one attached hydrogen (secondary N) is 1. The Morgan fingerprint density at radius 2 is 2.28 bits per heavy atom. The molecule has 1 aromatic carbocycles. The summed E-state index contributed by atoms with van der Waals surface area (Å²) in [7, 11) is 0. The van der Waals surface area contributed by atoms with Gasteiger partial charge in [0.2, 0.25) is 5.91 Å². The van der Waals surface area contributed by atoms with E-state index in [4.69, 9.17) is 5.73 Å².